The van der Waals surface area contributed by atoms with Crippen molar-refractivity contribution in [2.45, 2.75) is 12.8 Å². The number of aromatic nitrogens is 3. The zero-order valence-corrected chi connectivity index (χ0v) is 10.7. The molecule has 0 radical (unpaired) electrons. The van der Waals surface area contributed by atoms with Crippen LogP contribution in [0.2, 0.25) is 0 Å². The van der Waals surface area contributed by atoms with E-state index in [1.165, 1.54) is 12.8 Å². The fraction of sp³-hybridized carbons (Fsp3) is 0.385. The van der Waals surface area contributed by atoms with Gasteiger partial charge in [-0.25, -0.2) is 0 Å². The second-order valence-electron chi connectivity index (χ2n) is 4.75. The van der Waals surface area contributed by atoms with Crippen molar-refractivity contribution >= 4 is 5.69 Å². The molecule has 2 N–H and O–H groups in total. The van der Waals surface area contributed by atoms with E-state index in [1.807, 2.05) is 7.05 Å². The molecule has 2 aromatic heterocycles. The highest BCUT2D eigenvalue weighted by atomic mass is 16.5. The standard InChI is InChI=1S/C13H16N4O2/c1-17-7-10(6-15-17)19-12-5-4-11(14)13(16-12)18-8-9-2-3-9/h4-7,9H,2-3,8,14H2,1H3. The van der Waals surface area contributed by atoms with E-state index in [0.29, 0.717) is 35.7 Å². The smallest absolute Gasteiger partial charge is 0.240 e. The molecule has 0 aromatic carbocycles. The first-order valence-electron chi connectivity index (χ1n) is 6.26. The van der Waals surface area contributed by atoms with Gasteiger partial charge >= 0.3 is 0 Å². The minimum atomic E-state index is 0.438. The van der Waals surface area contributed by atoms with E-state index in [4.69, 9.17) is 15.2 Å². The van der Waals surface area contributed by atoms with Crippen molar-refractivity contribution < 1.29 is 9.47 Å². The molecule has 2 aromatic rings. The number of aryl methyl sites for hydroxylation is 1. The zero-order chi connectivity index (χ0) is 13.2. The molecule has 1 fully saturated rings. The quantitative estimate of drug-likeness (QED) is 0.889. The van der Waals surface area contributed by atoms with Gasteiger partial charge < -0.3 is 15.2 Å². The van der Waals surface area contributed by atoms with Gasteiger partial charge in [0.2, 0.25) is 11.8 Å². The summed E-state index contributed by atoms with van der Waals surface area (Å²) in [7, 11) is 1.83. The van der Waals surface area contributed by atoms with Crippen LogP contribution in [0.3, 0.4) is 0 Å². The Bertz CT molecular complexity index is 578. The predicted molar refractivity (Wildman–Crippen MR) is 70.2 cm³/mol. The van der Waals surface area contributed by atoms with Gasteiger partial charge in [0.15, 0.2) is 5.75 Å². The fourth-order valence-corrected chi connectivity index (χ4v) is 1.66. The molecular formula is C13H16N4O2. The summed E-state index contributed by atoms with van der Waals surface area (Å²) < 4.78 is 12.9. The molecule has 0 amide bonds. The molecule has 6 nitrogen and oxygen atoms in total. The van der Waals surface area contributed by atoms with E-state index >= 15 is 0 Å². The lowest BCUT2D eigenvalue weighted by Gasteiger charge is -2.09. The molecule has 0 unspecified atom stereocenters. The Balaban J connectivity index is 1.72. The average molecular weight is 260 g/mol. The van der Waals surface area contributed by atoms with Crippen LogP contribution in [-0.4, -0.2) is 21.4 Å². The van der Waals surface area contributed by atoms with Gasteiger partial charge in [-0.2, -0.15) is 10.1 Å². The van der Waals surface area contributed by atoms with Crippen LogP contribution >= 0.6 is 0 Å². The van der Waals surface area contributed by atoms with Gasteiger partial charge in [-0.15, -0.1) is 0 Å². The van der Waals surface area contributed by atoms with Gasteiger partial charge in [0.1, 0.15) is 0 Å². The van der Waals surface area contributed by atoms with E-state index < -0.39 is 0 Å². The SMILES string of the molecule is Cn1cc(Oc2ccc(N)c(OCC3CC3)n2)cn1. The third-order valence-corrected chi connectivity index (χ3v) is 2.92. The number of hydrogen-bond acceptors (Lipinski definition) is 5. The summed E-state index contributed by atoms with van der Waals surface area (Å²) >= 11 is 0. The van der Waals surface area contributed by atoms with Crippen molar-refractivity contribution in [3.63, 3.8) is 0 Å². The highest BCUT2D eigenvalue weighted by Crippen LogP contribution is 2.31. The van der Waals surface area contributed by atoms with Crippen LogP contribution < -0.4 is 15.2 Å². The zero-order valence-electron chi connectivity index (χ0n) is 10.7. The van der Waals surface area contributed by atoms with Crippen LogP contribution in [0.25, 0.3) is 0 Å². The first-order chi connectivity index (χ1) is 9.20. The number of ether oxygens (including phenoxy) is 2. The number of rotatable bonds is 5. The third-order valence-electron chi connectivity index (χ3n) is 2.92. The van der Waals surface area contributed by atoms with Gasteiger partial charge in [0.05, 0.1) is 24.7 Å². The lowest BCUT2D eigenvalue weighted by atomic mass is 10.4. The van der Waals surface area contributed by atoms with Crippen LogP contribution in [-0.2, 0) is 7.05 Å². The number of pyridine rings is 1. The van der Waals surface area contributed by atoms with Crippen LogP contribution in [0.1, 0.15) is 12.8 Å². The topological polar surface area (TPSA) is 75.2 Å². The van der Waals surface area contributed by atoms with E-state index in [2.05, 4.69) is 10.1 Å². The summed E-state index contributed by atoms with van der Waals surface area (Å²) in [5.41, 5.74) is 6.36. The van der Waals surface area contributed by atoms with Crippen LogP contribution in [0.15, 0.2) is 24.5 Å². The fourth-order valence-electron chi connectivity index (χ4n) is 1.66. The van der Waals surface area contributed by atoms with Gasteiger partial charge in [-0.3, -0.25) is 4.68 Å². The molecule has 0 atom stereocenters. The Kier molecular flexibility index (Phi) is 2.98. The van der Waals surface area contributed by atoms with Crippen molar-refractivity contribution in [1.29, 1.82) is 0 Å². The largest absolute Gasteiger partial charge is 0.476 e. The molecule has 1 saturated carbocycles. The van der Waals surface area contributed by atoms with E-state index in [0.717, 1.165) is 0 Å². The summed E-state index contributed by atoms with van der Waals surface area (Å²) in [6.07, 6.45) is 5.85. The van der Waals surface area contributed by atoms with Crippen LogP contribution in [0.4, 0.5) is 5.69 Å². The second kappa shape index (κ2) is 4.79. The first-order valence-corrected chi connectivity index (χ1v) is 6.26. The molecular weight excluding hydrogens is 244 g/mol. The molecule has 6 heteroatoms. The number of anilines is 1. The number of nitrogen functional groups attached to an aromatic ring is 1. The predicted octanol–water partition coefficient (Wildman–Crippen LogP) is 1.98. The second-order valence-corrected chi connectivity index (χ2v) is 4.75. The molecule has 3 rings (SSSR count). The molecule has 0 aliphatic heterocycles. The van der Waals surface area contributed by atoms with Crippen molar-refractivity contribution in [2.24, 2.45) is 13.0 Å². The molecule has 19 heavy (non-hydrogen) atoms. The maximum atomic E-state index is 5.83. The van der Waals surface area contributed by atoms with E-state index in [-0.39, 0.29) is 0 Å². The Morgan fingerprint density at radius 1 is 1.42 bits per heavy atom. The van der Waals surface area contributed by atoms with Crippen molar-refractivity contribution in [3.8, 4) is 17.5 Å². The Hall–Kier alpha value is -2.24. The number of nitrogens with zero attached hydrogens (tertiary/aromatic N) is 3. The molecule has 0 saturated heterocycles. The lowest BCUT2D eigenvalue weighted by Crippen LogP contribution is -2.04. The van der Waals surface area contributed by atoms with Gasteiger partial charge in [0.25, 0.3) is 0 Å². The molecule has 0 spiro atoms. The Labute approximate surface area is 111 Å². The Morgan fingerprint density at radius 3 is 2.95 bits per heavy atom. The van der Waals surface area contributed by atoms with Crippen molar-refractivity contribution in [3.05, 3.63) is 24.5 Å². The highest BCUT2D eigenvalue weighted by Gasteiger charge is 2.22. The molecule has 2 heterocycles. The third kappa shape index (κ3) is 2.96. The molecule has 1 aliphatic carbocycles. The van der Waals surface area contributed by atoms with Gasteiger partial charge in [-0.05, 0) is 24.8 Å². The van der Waals surface area contributed by atoms with Crippen molar-refractivity contribution in [1.82, 2.24) is 14.8 Å². The minimum absolute atomic E-state index is 0.438. The molecule has 0 bridgehead atoms. The van der Waals surface area contributed by atoms with Gasteiger partial charge in [0, 0.05) is 13.1 Å². The summed E-state index contributed by atoms with van der Waals surface area (Å²) in [5, 5.41) is 4.03. The average Bonchev–Trinajstić information content (AvgIpc) is 3.13. The monoisotopic (exact) mass is 260 g/mol. The minimum Gasteiger partial charge on any atom is -0.476 e. The summed E-state index contributed by atoms with van der Waals surface area (Å²) in [6, 6.07) is 3.45. The first kappa shape index (κ1) is 11.8. The highest BCUT2D eigenvalue weighted by molar-refractivity contribution is 5.49. The summed E-state index contributed by atoms with van der Waals surface area (Å²) in [6.45, 7) is 0.674. The maximum absolute atomic E-state index is 5.83. The maximum Gasteiger partial charge on any atom is 0.240 e. The molecule has 1 aliphatic rings. The van der Waals surface area contributed by atoms with E-state index in [9.17, 15) is 0 Å². The Morgan fingerprint density at radius 2 is 2.26 bits per heavy atom. The summed E-state index contributed by atoms with van der Waals surface area (Å²) in [4.78, 5) is 4.27. The summed E-state index contributed by atoms with van der Waals surface area (Å²) in [5.74, 6) is 2.18. The van der Waals surface area contributed by atoms with Crippen molar-refractivity contribution in [2.75, 3.05) is 12.3 Å². The number of nitrogens with two attached hydrogens (primary N) is 1. The van der Waals surface area contributed by atoms with E-state index in [1.54, 1.807) is 29.2 Å². The number of hydrogen-bond donors (Lipinski definition) is 1. The van der Waals surface area contributed by atoms with Crippen LogP contribution in [0, 0.1) is 5.92 Å². The molecule has 100 valence electrons. The lowest BCUT2D eigenvalue weighted by molar-refractivity contribution is 0.286. The van der Waals surface area contributed by atoms with Crippen LogP contribution in [0.5, 0.6) is 17.5 Å². The van der Waals surface area contributed by atoms with Gasteiger partial charge in [-0.1, -0.05) is 0 Å². The normalized spacial score (nSPS) is 14.4.